The van der Waals surface area contributed by atoms with Crippen LogP contribution in [0.4, 0.5) is 0 Å². The van der Waals surface area contributed by atoms with Crippen LogP contribution in [0.1, 0.15) is 16.8 Å². The Morgan fingerprint density at radius 2 is 1.58 bits per heavy atom. The summed E-state index contributed by atoms with van der Waals surface area (Å²) in [6, 6.07) is 3.84. The third-order valence-electron chi connectivity index (χ3n) is 3.98. The lowest BCUT2D eigenvalue weighted by Crippen LogP contribution is -2.09. The number of rotatable bonds is 4. The fourth-order valence-electron chi connectivity index (χ4n) is 2.74. The summed E-state index contributed by atoms with van der Waals surface area (Å²) in [4.78, 5) is 17.7. The Morgan fingerprint density at radius 3 is 2.21 bits per heavy atom. The summed E-state index contributed by atoms with van der Waals surface area (Å²) in [6.45, 7) is -1.13. The van der Waals surface area contributed by atoms with Gasteiger partial charge in [-0.3, -0.25) is 4.79 Å². The van der Waals surface area contributed by atoms with Crippen LogP contribution >= 0.6 is 0 Å². The largest absolute Gasteiger partial charge is 0.507 e. The SMILES string of the molecule is O=c1[nH]c2[nH]c(CO)c(CO)c2cc1-c1cc(CO)c(O)cc1O. The van der Waals surface area contributed by atoms with Crippen LogP contribution in [0.25, 0.3) is 22.2 Å². The van der Waals surface area contributed by atoms with Crippen LogP contribution in [0.3, 0.4) is 0 Å². The molecular formula is C16H16N2O6. The number of phenols is 2. The predicted molar refractivity (Wildman–Crippen MR) is 85.5 cm³/mol. The predicted octanol–water partition coefficient (Wildman–Crippen LogP) is 0.411. The topological polar surface area (TPSA) is 150 Å². The fourth-order valence-corrected chi connectivity index (χ4v) is 2.74. The number of nitrogens with one attached hydrogen (secondary N) is 2. The molecule has 1 aromatic carbocycles. The van der Waals surface area contributed by atoms with Gasteiger partial charge in [-0.15, -0.1) is 0 Å². The van der Waals surface area contributed by atoms with Crippen molar-refractivity contribution >= 4 is 11.0 Å². The second-order valence-corrected chi connectivity index (χ2v) is 5.36. The van der Waals surface area contributed by atoms with Gasteiger partial charge in [0.05, 0.1) is 25.4 Å². The van der Waals surface area contributed by atoms with E-state index < -0.39 is 12.2 Å². The minimum Gasteiger partial charge on any atom is -0.507 e. The van der Waals surface area contributed by atoms with Crippen molar-refractivity contribution in [1.29, 1.82) is 0 Å². The van der Waals surface area contributed by atoms with E-state index in [-0.39, 0.29) is 41.4 Å². The highest BCUT2D eigenvalue weighted by Crippen LogP contribution is 2.35. The van der Waals surface area contributed by atoms with Crippen molar-refractivity contribution in [1.82, 2.24) is 9.97 Å². The number of aromatic nitrogens is 2. The van der Waals surface area contributed by atoms with Crippen LogP contribution in [0.5, 0.6) is 11.5 Å². The lowest BCUT2D eigenvalue weighted by molar-refractivity contribution is 0.258. The molecule has 0 spiro atoms. The molecule has 0 saturated heterocycles. The van der Waals surface area contributed by atoms with Gasteiger partial charge in [-0.2, -0.15) is 0 Å². The summed E-state index contributed by atoms with van der Waals surface area (Å²) in [5, 5.41) is 48.3. The minimum absolute atomic E-state index is 0.105. The Balaban J connectivity index is 2.31. The van der Waals surface area contributed by atoms with Gasteiger partial charge in [0.1, 0.15) is 17.1 Å². The van der Waals surface area contributed by atoms with Crippen molar-refractivity contribution in [2.24, 2.45) is 0 Å². The summed E-state index contributed by atoms with van der Waals surface area (Å²) in [5.41, 5.74) is 1.05. The fraction of sp³-hybridized carbons (Fsp3) is 0.188. The zero-order chi connectivity index (χ0) is 17.4. The van der Waals surface area contributed by atoms with Gasteiger partial charge in [-0.1, -0.05) is 0 Å². The molecule has 0 radical (unpaired) electrons. The highest BCUT2D eigenvalue weighted by Gasteiger charge is 2.17. The lowest BCUT2D eigenvalue weighted by atomic mass is 10.0. The Kier molecular flexibility index (Phi) is 4.02. The first-order valence-corrected chi connectivity index (χ1v) is 7.14. The van der Waals surface area contributed by atoms with Gasteiger partial charge >= 0.3 is 0 Å². The van der Waals surface area contributed by atoms with E-state index in [9.17, 15) is 30.3 Å². The van der Waals surface area contributed by atoms with Crippen molar-refractivity contribution < 1.29 is 25.5 Å². The van der Waals surface area contributed by atoms with Crippen molar-refractivity contribution in [2.45, 2.75) is 19.8 Å². The second-order valence-electron chi connectivity index (χ2n) is 5.36. The smallest absolute Gasteiger partial charge is 0.257 e. The van der Waals surface area contributed by atoms with E-state index in [4.69, 9.17) is 0 Å². The van der Waals surface area contributed by atoms with E-state index in [1.807, 2.05) is 0 Å². The van der Waals surface area contributed by atoms with Crippen molar-refractivity contribution in [3.63, 3.8) is 0 Å². The number of aromatic amines is 2. The number of benzene rings is 1. The van der Waals surface area contributed by atoms with Gasteiger partial charge in [0.25, 0.3) is 5.56 Å². The van der Waals surface area contributed by atoms with E-state index in [0.29, 0.717) is 22.3 Å². The minimum atomic E-state index is -0.511. The van der Waals surface area contributed by atoms with Gasteiger partial charge < -0.3 is 35.5 Å². The molecule has 7 N–H and O–H groups in total. The molecule has 2 aromatic heterocycles. The average Bonchev–Trinajstić information content (AvgIpc) is 2.91. The molecule has 126 valence electrons. The normalized spacial score (nSPS) is 11.3. The molecule has 8 nitrogen and oxygen atoms in total. The number of aliphatic hydroxyl groups excluding tert-OH is 3. The monoisotopic (exact) mass is 332 g/mol. The second kappa shape index (κ2) is 6.00. The van der Waals surface area contributed by atoms with Crippen molar-refractivity contribution in [3.05, 3.63) is 45.4 Å². The third kappa shape index (κ3) is 2.42. The molecule has 3 rings (SSSR count). The number of fused-ring (bicyclic) bond motifs is 1. The van der Waals surface area contributed by atoms with Gasteiger partial charge in [-0.25, -0.2) is 0 Å². The first-order valence-electron chi connectivity index (χ1n) is 7.14. The lowest BCUT2D eigenvalue weighted by Gasteiger charge is -2.09. The number of aromatic hydroxyl groups is 2. The summed E-state index contributed by atoms with van der Waals surface area (Å²) in [7, 11) is 0. The maximum atomic E-state index is 12.3. The van der Waals surface area contributed by atoms with E-state index in [1.54, 1.807) is 0 Å². The number of aliphatic hydroxyl groups is 3. The summed E-state index contributed by atoms with van der Waals surface area (Å²) in [5.74, 6) is -0.602. The van der Waals surface area contributed by atoms with Gasteiger partial charge in [-0.05, 0) is 12.1 Å². The molecule has 2 heterocycles. The molecular weight excluding hydrogens is 316 g/mol. The third-order valence-corrected chi connectivity index (χ3v) is 3.98. The first kappa shape index (κ1) is 16.1. The molecule has 0 aliphatic heterocycles. The van der Waals surface area contributed by atoms with Crippen molar-refractivity contribution in [3.8, 4) is 22.6 Å². The van der Waals surface area contributed by atoms with Crippen molar-refractivity contribution in [2.75, 3.05) is 0 Å². The number of pyridine rings is 1. The zero-order valence-electron chi connectivity index (χ0n) is 12.5. The highest BCUT2D eigenvalue weighted by molar-refractivity contribution is 5.87. The molecule has 8 heteroatoms. The first-order chi connectivity index (χ1) is 11.5. The zero-order valence-corrected chi connectivity index (χ0v) is 12.5. The molecule has 0 atom stereocenters. The van der Waals surface area contributed by atoms with Crippen LogP contribution in [-0.2, 0) is 19.8 Å². The van der Waals surface area contributed by atoms with E-state index in [2.05, 4.69) is 9.97 Å². The van der Waals surface area contributed by atoms with Gasteiger partial charge in [0.2, 0.25) is 0 Å². The quantitative estimate of drug-likeness (QED) is 0.368. The maximum absolute atomic E-state index is 12.3. The average molecular weight is 332 g/mol. The van der Waals surface area contributed by atoms with E-state index in [1.165, 1.54) is 12.1 Å². The maximum Gasteiger partial charge on any atom is 0.257 e. The standard InChI is InChI=1S/C16H16N2O6/c19-4-7-1-8(14(23)3-13(7)22)10-2-9-11(5-20)12(6-21)17-15(9)18-16(10)24/h1-3,19-23H,4-6H2,(H2,17,18,24). The number of H-pyrrole nitrogens is 2. The molecule has 24 heavy (non-hydrogen) atoms. The number of hydrogen-bond acceptors (Lipinski definition) is 6. The van der Waals surface area contributed by atoms with Crippen LogP contribution in [-0.4, -0.2) is 35.5 Å². The molecule has 0 amide bonds. The van der Waals surface area contributed by atoms with Crippen LogP contribution in [0.15, 0.2) is 23.0 Å². The highest BCUT2D eigenvalue weighted by atomic mass is 16.3. The Labute approximate surface area is 135 Å². The van der Waals surface area contributed by atoms with Crippen LogP contribution < -0.4 is 5.56 Å². The number of phenolic OH excluding ortho intramolecular Hbond substituents is 1. The molecule has 0 aliphatic rings. The molecule has 0 bridgehead atoms. The Morgan fingerprint density at radius 1 is 0.833 bits per heavy atom. The van der Waals surface area contributed by atoms with Gasteiger partial charge in [0.15, 0.2) is 0 Å². The van der Waals surface area contributed by atoms with E-state index in [0.717, 1.165) is 6.07 Å². The molecule has 0 aliphatic carbocycles. The Hall–Kier alpha value is -2.81. The number of hydrogen-bond donors (Lipinski definition) is 7. The summed E-state index contributed by atoms with van der Waals surface area (Å²) < 4.78 is 0. The summed E-state index contributed by atoms with van der Waals surface area (Å²) >= 11 is 0. The molecule has 0 saturated carbocycles. The van der Waals surface area contributed by atoms with Crippen LogP contribution in [0.2, 0.25) is 0 Å². The van der Waals surface area contributed by atoms with E-state index >= 15 is 0 Å². The molecule has 0 fully saturated rings. The molecule has 3 aromatic rings. The van der Waals surface area contributed by atoms with Crippen LogP contribution in [0, 0.1) is 0 Å². The molecule has 0 unspecified atom stereocenters. The summed E-state index contributed by atoms with van der Waals surface area (Å²) in [6.07, 6.45) is 0. The Bertz CT molecular complexity index is 973. The van der Waals surface area contributed by atoms with Gasteiger partial charge in [0, 0.05) is 33.8 Å².